The van der Waals surface area contributed by atoms with Crippen molar-refractivity contribution in [3.05, 3.63) is 19.8 Å². The Hall–Kier alpha value is 0.390. The van der Waals surface area contributed by atoms with Gasteiger partial charge in [-0.1, -0.05) is 25.4 Å². The van der Waals surface area contributed by atoms with Crippen LogP contribution in [-0.2, 0) is 11.4 Å². The van der Waals surface area contributed by atoms with E-state index in [1.54, 1.807) is 11.3 Å². The summed E-state index contributed by atoms with van der Waals surface area (Å²) >= 11 is 10.8. The molecule has 0 saturated carbocycles. The van der Waals surface area contributed by atoms with Gasteiger partial charge < -0.3 is 4.84 Å². The van der Waals surface area contributed by atoms with Crippen LogP contribution in [0.5, 0.6) is 0 Å². The second kappa shape index (κ2) is 6.08. The van der Waals surface area contributed by atoms with Gasteiger partial charge in [-0.2, -0.15) is 5.48 Å². The van der Waals surface area contributed by atoms with Gasteiger partial charge >= 0.3 is 0 Å². The first-order chi connectivity index (χ1) is 6.59. The van der Waals surface area contributed by atoms with Crippen LogP contribution in [0.4, 0.5) is 0 Å². The zero-order chi connectivity index (χ0) is 10.6. The maximum Gasteiger partial charge on any atom is 0.107 e. The molecule has 5 heteroatoms. The molecule has 0 aromatic carbocycles. The van der Waals surface area contributed by atoms with E-state index < -0.39 is 0 Å². The van der Waals surface area contributed by atoms with E-state index in [1.807, 2.05) is 6.07 Å². The molecule has 80 valence electrons. The number of rotatable bonds is 5. The van der Waals surface area contributed by atoms with Gasteiger partial charge in [0.2, 0.25) is 0 Å². The van der Waals surface area contributed by atoms with E-state index >= 15 is 0 Å². The lowest BCUT2D eigenvalue weighted by Gasteiger charge is -2.06. The molecule has 0 amide bonds. The highest BCUT2D eigenvalue weighted by molar-refractivity contribution is 9.10. The molecule has 2 nitrogen and oxygen atoms in total. The van der Waals surface area contributed by atoms with Crippen LogP contribution in [0.15, 0.2) is 10.5 Å². The van der Waals surface area contributed by atoms with Crippen molar-refractivity contribution in [3.8, 4) is 0 Å². The molecule has 0 aliphatic rings. The summed E-state index contributed by atoms with van der Waals surface area (Å²) in [5.74, 6) is 0.543. The third-order valence-corrected chi connectivity index (χ3v) is 3.94. The predicted octanol–water partition coefficient (Wildman–Crippen LogP) is 3.84. The van der Waals surface area contributed by atoms with Crippen LogP contribution in [0.3, 0.4) is 0 Å². The van der Waals surface area contributed by atoms with Crippen molar-refractivity contribution in [2.75, 3.05) is 6.61 Å². The molecule has 1 N–H and O–H groups in total. The molecular formula is C9H13BrClNOS. The quantitative estimate of drug-likeness (QED) is 0.659. The molecule has 0 saturated heterocycles. The summed E-state index contributed by atoms with van der Waals surface area (Å²) in [7, 11) is 0. The number of nitrogens with one attached hydrogen (secondary N) is 1. The van der Waals surface area contributed by atoms with E-state index in [0.717, 1.165) is 20.3 Å². The smallest absolute Gasteiger partial charge is 0.107 e. The molecule has 1 heterocycles. The van der Waals surface area contributed by atoms with Crippen LogP contribution in [0.1, 0.15) is 18.7 Å². The van der Waals surface area contributed by atoms with Gasteiger partial charge in [-0.05, 0) is 27.9 Å². The lowest BCUT2D eigenvalue weighted by Crippen LogP contribution is -2.16. The van der Waals surface area contributed by atoms with Crippen molar-refractivity contribution in [1.82, 2.24) is 5.48 Å². The second-order valence-electron chi connectivity index (χ2n) is 3.36. The maximum absolute atomic E-state index is 5.90. The first kappa shape index (κ1) is 12.5. The third-order valence-electron chi connectivity index (χ3n) is 1.46. The van der Waals surface area contributed by atoms with E-state index in [4.69, 9.17) is 16.4 Å². The molecular weight excluding hydrogens is 286 g/mol. The van der Waals surface area contributed by atoms with Crippen LogP contribution in [-0.4, -0.2) is 6.61 Å². The number of halogens is 2. The Kier molecular flexibility index (Phi) is 5.41. The number of thiophene rings is 1. The van der Waals surface area contributed by atoms with Crippen molar-refractivity contribution in [1.29, 1.82) is 0 Å². The number of hydrogen-bond donors (Lipinski definition) is 1. The molecule has 0 atom stereocenters. The fraction of sp³-hybridized carbons (Fsp3) is 0.556. The Bertz CT molecular complexity index is 271. The van der Waals surface area contributed by atoms with E-state index in [2.05, 4.69) is 35.3 Å². The van der Waals surface area contributed by atoms with Crippen molar-refractivity contribution >= 4 is 38.9 Å². The summed E-state index contributed by atoms with van der Waals surface area (Å²) in [5.41, 5.74) is 2.90. The monoisotopic (exact) mass is 297 g/mol. The Morgan fingerprint density at radius 1 is 1.64 bits per heavy atom. The molecule has 1 rings (SSSR count). The molecule has 1 aromatic heterocycles. The van der Waals surface area contributed by atoms with Gasteiger partial charge in [0.15, 0.2) is 0 Å². The Morgan fingerprint density at radius 3 is 2.86 bits per heavy atom. The third kappa shape index (κ3) is 4.28. The largest absolute Gasteiger partial charge is 0.301 e. The molecule has 14 heavy (non-hydrogen) atoms. The molecule has 0 aliphatic carbocycles. The molecule has 0 spiro atoms. The van der Waals surface area contributed by atoms with Gasteiger partial charge in [0.05, 0.1) is 13.2 Å². The average molecular weight is 299 g/mol. The summed E-state index contributed by atoms with van der Waals surface area (Å²) in [6, 6.07) is 2.00. The van der Waals surface area contributed by atoms with Gasteiger partial charge in [0, 0.05) is 9.35 Å². The van der Waals surface area contributed by atoms with Crippen LogP contribution in [0.25, 0.3) is 0 Å². The van der Waals surface area contributed by atoms with Crippen molar-refractivity contribution < 1.29 is 4.84 Å². The first-order valence-corrected chi connectivity index (χ1v) is 6.36. The number of hydrogen-bond acceptors (Lipinski definition) is 3. The van der Waals surface area contributed by atoms with Crippen molar-refractivity contribution in [3.63, 3.8) is 0 Å². The highest BCUT2D eigenvalue weighted by Crippen LogP contribution is 2.31. The SMILES string of the molecule is CC(C)CONCc1cc(Br)c(Cl)s1. The summed E-state index contributed by atoms with van der Waals surface area (Å²) in [4.78, 5) is 6.40. The van der Waals surface area contributed by atoms with Gasteiger partial charge in [-0.15, -0.1) is 11.3 Å². The lowest BCUT2D eigenvalue weighted by molar-refractivity contribution is 0.0201. The van der Waals surface area contributed by atoms with Crippen LogP contribution in [0.2, 0.25) is 4.34 Å². The highest BCUT2D eigenvalue weighted by atomic mass is 79.9. The van der Waals surface area contributed by atoms with E-state index in [-0.39, 0.29) is 0 Å². The predicted molar refractivity (Wildman–Crippen MR) is 64.7 cm³/mol. The Morgan fingerprint density at radius 2 is 2.36 bits per heavy atom. The minimum Gasteiger partial charge on any atom is -0.301 e. The fourth-order valence-electron chi connectivity index (χ4n) is 0.826. The van der Waals surface area contributed by atoms with Gasteiger partial charge in [-0.25, -0.2) is 0 Å². The van der Waals surface area contributed by atoms with Crippen LogP contribution in [0, 0.1) is 5.92 Å². The van der Waals surface area contributed by atoms with E-state index in [9.17, 15) is 0 Å². The summed E-state index contributed by atoms with van der Waals surface area (Å²) < 4.78 is 1.73. The minimum absolute atomic E-state index is 0.543. The van der Waals surface area contributed by atoms with Crippen LogP contribution < -0.4 is 5.48 Å². The molecule has 0 unspecified atom stereocenters. The van der Waals surface area contributed by atoms with Gasteiger partial charge in [0.1, 0.15) is 4.34 Å². The number of hydroxylamine groups is 1. The van der Waals surface area contributed by atoms with E-state index in [1.165, 1.54) is 0 Å². The molecule has 0 aliphatic heterocycles. The molecule has 0 radical (unpaired) electrons. The van der Waals surface area contributed by atoms with Crippen molar-refractivity contribution in [2.24, 2.45) is 5.92 Å². The van der Waals surface area contributed by atoms with Crippen LogP contribution >= 0.6 is 38.9 Å². The average Bonchev–Trinajstić information content (AvgIpc) is 2.40. The molecule has 0 fully saturated rings. The summed E-state index contributed by atoms with van der Waals surface area (Å²) in [6.07, 6.45) is 0. The first-order valence-electron chi connectivity index (χ1n) is 4.38. The minimum atomic E-state index is 0.543. The van der Waals surface area contributed by atoms with E-state index in [0.29, 0.717) is 12.5 Å². The zero-order valence-electron chi connectivity index (χ0n) is 8.14. The standard InChI is InChI=1S/C9H13BrClNOS/c1-6(2)5-13-12-4-7-3-8(10)9(11)14-7/h3,6,12H,4-5H2,1-2H3. The maximum atomic E-state index is 5.90. The second-order valence-corrected chi connectivity index (χ2v) is 5.95. The summed E-state index contributed by atoms with van der Waals surface area (Å²) in [6.45, 7) is 5.64. The molecule has 1 aromatic rings. The zero-order valence-corrected chi connectivity index (χ0v) is 11.3. The van der Waals surface area contributed by atoms with Gasteiger partial charge in [0.25, 0.3) is 0 Å². The van der Waals surface area contributed by atoms with Gasteiger partial charge in [-0.3, -0.25) is 0 Å². The van der Waals surface area contributed by atoms with Crippen molar-refractivity contribution in [2.45, 2.75) is 20.4 Å². The summed E-state index contributed by atoms with van der Waals surface area (Å²) in [5, 5.41) is 0. The normalized spacial score (nSPS) is 11.2. The topological polar surface area (TPSA) is 21.3 Å². The molecule has 0 bridgehead atoms. The Labute approximate surface area is 102 Å². The lowest BCUT2D eigenvalue weighted by atomic mass is 10.2. The highest BCUT2D eigenvalue weighted by Gasteiger charge is 2.03. The fourth-order valence-corrected chi connectivity index (χ4v) is 2.54. The Balaban J connectivity index is 2.25.